The van der Waals surface area contributed by atoms with Crippen molar-refractivity contribution in [3.05, 3.63) is 24.3 Å². The Morgan fingerprint density at radius 3 is 2.43 bits per heavy atom. The maximum atomic E-state index is 14.1. The Morgan fingerprint density at radius 1 is 1.00 bits per heavy atom. The van der Waals surface area contributed by atoms with E-state index in [9.17, 15) is 14.4 Å². The fourth-order valence-electron chi connectivity index (χ4n) is 6.25. The van der Waals surface area contributed by atoms with Gasteiger partial charge in [0.1, 0.15) is 11.6 Å². The first-order valence-corrected chi connectivity index (χ1v) is 13.2. The molecule has 0 aromatic rings. The van der Waals surface area contributed by atoms with Gasteiger partial charge in [0.15, 0.2) is 0 Å². The second-order valence-electron chi connectivity index (χ2n) is 11.2. The molecular formula is C27H41N3O5. The number of hydrogen-bond donors (Lipinski definition) is 1. The first-order chi connectivity index (χ1) is 16.7. The molecule has 1 spiro atoms. The van der Waals surface area contributed by atoms with E-state index in [1.165, 1.54) is 0 Å². The van der Waals surface area contributed by atoms with E-state index in [4.69, 9.17) is 9.84 Å². The molecule has 0 bridgehead atoms. The summed E-state index contributed by atoms with van der Waals surface area (Å²) >= 11 is 0. The first-order valence-electron chi connectivity index (χ1n) is 13.2. The smallest absolute Gasteiger partial charge is 0.249 e. The molecule has 5 atom stereocenters. The van der Waals surface area contributed by atoms with Crippen molar-refractivity contribution in [2.24, 2.45) is 11.8 Å². The lowest BCUT2D eigenvalue weighted by Crippen LogP contribution is -2.58. The lowest BCUT2D eigenvalue weighted by Gasteiger charge is -2.40. The summed E-state index contributed by atoms with van der Waals surface area (Å²) in [5.74, 6) is -1.68. The van der Waals surface area contributed by atoms with Crippen LogP contribution in [0.15, 0.2) is 24.3 Å². The van der Waals surface area contributed by atoms with Gasteiger partial charge in [-0.05, 0) is 40.0 Å². The van der Waals surface area contributed by atoms with Gasteiger partial charge in [0.05, 0.1) is 17.9 Å². The largest absolute Gasteiger partial charge is 0.396 e. The topological polar surface area (TPSA) is 90.4 Å². The molecular weight excluding hydrogens is 446 g/mol. The highest BCUT2D eigenvalue weighted by molar-refractivity contribution is 6.00. The third-order valence-corrected chi connectivity index (χ3v) is 7.85. The molecule has 0 aliphatic carbocycles. The van der Waals surface area contributed by atoms with Crippen molar-refractivity contribution in [1.82, 2.24) is 14.7 Å². The van der Waals surface area contributed by atoms with Crippen molar-refractivity contribution in [3.63, 3.8) is 0 Å². The van der Waals surface area contributed by atoms with Crippen molar-refractivity contribution >= 4 is 17.7 Å². The van der Waals surface area contributed by atoms with Crippen LogP contribution in [0.5, 0.6) is 0 Å². The first kappa shape index (κ1) is 25.9. The average Bonchev–Trinajstić information content (AvgIpc) is 3.10. The number of unbranched alkanes of at least 4 members (excludes halogenated alkanes) is 3. The Kier molecular flexibility index (Phi) is 7.44. The number of carbonyl (C=O) groups is 3. The highest BCUT2D eigenvalue weighted by Crippen LogP contribution is 2.53. The zero-order valence-corrected chi connectivity index (χ0v) is 21.6. The van der Waals surface area contributed by atoms with Crippen molar-refractivity contribution in [3.8, 4) is 0 Å². The van der Waals surface area contributed by atoms with E-state index in [0.717, 1.165) is 32.1 Å². The Hall–Kier alpha value is -2.19. The maximum Gasteiger partial charge on any atom is 0.249 e. The van der Waals surface area contributed by atoms with Crippen LogP contribution in [0.2, 0.25) is 0 Å². The van der Waals surface area contributed by atoms with E-state index in [0.29, 0.717) is 26.2 Å². The van der Waals surface area contributed by atoms with Crippen LogP contribution in [0.4, 0.5) is 0 Å². The molecule has 8 heteroatoms. The van der Waals surface area contributed by atoms with Crippen LogP contribution in [0.1, 0.15) is 59.8 Å². The number of likely N-dealkylation sites (tertiary alicyclic amines) is 1. The molecule has 0 aromatic carbocycles. The Morgan fingerprint density at radius 2 is 1.74 bits per heavy atom. The maximum absolute atomic E-state index is 14.1. The van der Waals surface area contributed by atoms with Crippen LogP contribution in [0, 0.1) is 11.8 Å². The summed E-state index contributed by atoms with van der Waals surface area (Å²) in [5.41, 5.74) is -1.57. The Balaban J connectivity index is 1.73. The van der Waals surface area contributed by atoms with E-state index in [2.05, 4.69) is 0 Å². The van der Waals surface area contributed by atoms with Gasteiger partial charge in [-0.1, -0.05) is 44.1 Å². The number of nitrogens with zero attached hydrogens (tertiary/aromatic N) is 3. The van der Waals surface area contributed by atoms with Crippen molar-refractivity contribution in [2.75, 3.05) is 32.8 Å². The van der Waals surface area contributed by atoms with Gasteiger partial charge in [-0.25, -0.2) is 0 Å². The molecule has 2 fully saturated rings. The van der Waals surface area contributed by atoms with Crippen LogP contribution in [-0.4, -0.2) is 93.6 Å². The number of aliphatic hydroxyl groups is 1. The molecule has 2 saturated heterocycles. The van der Waals surface area contributed by atoms with Gasteiger partial charge in [0.25, 0.3) is 0 Å². The SMILES string of the molecule is CCCN1CC=C[C@H]2O[C@]34C=CCN(C(C)(C)C)C(=O)C3N(CCCCCCO)C(=O)[C@@H]4[C@H]2C1=O. The quantitative estimate of drug-likeness (QED) is 0.418. The molecule has 194 valence electrons. The molecule has 0 radical (unpaired) electrons. The minimum absolute atomic E-state index is 0.0570. The number of fused-ring (bicyclic) bond motifs is 2. The second kappa shape index (κ2) is 10.1. The average molecular weight is 488 g/mol. The number of ether oxygens (including phenoxy) is 1. The molecule has 4 aliphatic rings. The molecule has 0 aromatic heterocycles. The van der Waals surface area contributed by atoms with Gasteiger partial charge in [-0.2, -0.15) is 0 Å². The molecule has 1 unspecified atom stereocenters. The molecule has 35 heavy (non-hydrogen) atoms. The van der Waals surface area contributed by atoms with E-state index in [1.807, 2.05) is 61.8 Å². The van der Waals surface area contributed by atoms with Crippen LogP contribution >= 0.6 is 0 Å². The van der Waals surface area contributed by atoms with Gasteiger partial charge < -0.3 is 24.5 Å². The van der Waals surface area contributed by atoms with Gasteiger partial charge in [0.2, 0.25) is 17.7 Å². The van der Waals surface area contributed by atoms with Crippen LogP contribution < -0.4 is 0 Å². The standard InChI is InChI=1S/C27H41N3O5/c1-5-14-28-15-10-12-19-20(23(28)32)21-24(33)29(16-8-6-7-9-18-31)22-25(34)30(26(2,3)4)17-11-13-27(21,22)35-19/h10-13,19-22,31H,5-9,14-18H2,1-4H3/t19-,20+,21+,22?,27+/m1/s1. The molecule has 3 amide bonds. The third kappa shape index (κ3) is 4.44. The highest BCUT2D eigenvalue weighted by Gasteiger charge is 2.71. The molecule has 0 saturated carbocycles. The molecule has 4 rings (SSSR count). The second-order valence-corrected chi connectivity index (χ2v) is 11.2. The van der Waals surface area contributed by atoms with E-state index in [1.54, 1.807) is 4.90 Å². The van der Waals surface area contributed by atoms with Crippen LogP contribution in [-0.2, 0) is 19.1 Å². The Labute approximate surface area is 208 Å². The fourth-order valence-corrected chi connectivity index (χ4v) is 6.25. The number of aliphatic hydroxyl groups excluding tert-OH is 1. The predicted octanol–water partition coefficient (Wildman–Crippen LogP) is 2.13. The summed E-state index contributed by atoms with van der Waals surface area (Å²) < 4.78 is 6.65. The lowest BCUT2D eigenvalue weighted by molar-refractivity contribution is -0.151. The van der Waals surface area contributed by atoms with Crippen molar-refractivity contribution in [1.29, 1.82) is 0 Å². The summed E-state index contributed by atoms with van der Waals surface area (Å²) in [4.78, 5) is 47.2. The fraction of sp³-hybridized carbons (Fsp3) is 0.741. The zero-order chi connectivity index (χ0) is 25.4. The molecule has 4 aliphatic heterocycles. The predicted molar refractivity (Wildman–Crippen MR) is 132 cm³/mol. The summed E-state index contributed by atoms with van der Waals surface area (Å²) in [7, 11) is 0. The van der Waals surface area contributed by atoms with Crippen LogP contribution in [0.25, 0.3) is 0 Å². The molecule has 4 heterocycles. The van der Waals surface area contributed by atoms with Crippen molar-refractivity contribution < 1.29 is 24.2 Å². The summed E-state index contributed by atoms with van der Waals surface area (Å²) in [5, 5.41) is 9.09. The highest BCUT2D eigenvalue weighted by atomic mass is 16.5. The summed E-state index contributed by atoms with van der Waals surface area (Å²) in [6, 6.07) is -0.788. The lowest BCUT2D eigenvalue weighted by atomic mass is 9.77. The minimum Gasteiger partial charge on any atom is -0.396 e. The number of carbonyl (C=O) groups excluding carboxylic acids is 3. The number of amides is 3. The van der Waals surface area contributed by atoms with Gasteiger partial charge >= 0.3 is 0 Å². The van der Waals surface area contributed by atoms with Gasteiger partial charge in [-0.3, -0.25) is 14.4 Å². The Bertz CT molecular complexity index is 894. The van der Waals surface area contributed by atoms with Crippen molar-refractivity contribution in [2.45, 2.75) is 83.1 Å². The number of hydrogen-bond acceptors (Lipinski definition) is 5. The normalized spacial score (nSPS) is 32.6. The molecule has 8 nitrogen and oxygen atoms in total. The number of rotatable bonds is 8. The monoisotopic (exact) mass is 487 g/mol. The van der Waals surface area contributed by atoms with Crippen LogP contribution in [0.3, 0.4) is 0 Å². The van der Waals surface area contributed by atoms with Gasteiger partial charge in [-0.15, -0.1) is 0 Å². The molecule has 1 N–H and O–H groups in total. The minimum atomic E-state index is -1.15. The third-order valence-electron chi connectivity index (χ3n) is 7.85. The van der Waals surface area contributed by atoms with E-state index in [-0.39, 0.29) is 24.3 Å². The zero-order valence-electron chi connectivity index (χ0n) is 21.6. The van der Waals surface area contributed by atoms with E-state index >= 15 is 0 Å². The summed E-state index contributed by atoms with van der Waals surface area (Å²) in [6.07, 6.45) is 11.2. The van der Waals surface area contributed by atoms with Gasteiger partial charge in [0, 0.05) is 38.3 Å². The summed E-state index contributed by atoms with van der Waals surface area (Å²) in [6.45, 7) is 10.2. The van der Waals surface area contributed by atoms with E-state index < -0.39 is 35.1 Å².